The molecule has 5 unspecified atom stereocenters. The van der Waals surface area contributed by atoms with Crippen molar-refractivity contribution in [2.45, 2.75) is 50.7 Å². The van der Waals surface area contributed by atoms with Gasteiger partial charge in [-0.3, -0.25) is 4.79 Å². The van der Waals surface area contributed by atoms with E-state index in [4.69, 9.17) is 13.9 Å². The number of carbonyl (C=O) groups is 2. The molecule has 0 bridgehead atoms. The molecule has 138 valence electrons. The molecular weight excluding hydrogens is 336 g/mol. The lowest BCUT2D eigenvalue weighted by molar-refractivity contribution is -0.248. The van der Waals surface area contributed by atoms with E-state index < -0.39 is 22.5 Å². The van der Waals surface area contributed by atoms with Gasteiger partial charge in [-0.25, -0.2) is 4.79 Å². The van der Waals surface area contributed by atoms with E-state index in [1.807, 2.05) is 13.0 Å². The van der Waals surface area contributed by atoms with Crippen LogP contribution in [0.5, 0.6) is 0 Å². The Morgan fingerprint density at radius 3 is 2.88 bits per heavy atom. The van der Waals surface area contributed by atoms with Gasteiger partial charge in [0, 0.05) is 16.6 Å². The number of ether oxygens (including phenoxy) is 2. The molecule has 1 N–H and O–H groups in total. The van der Waals surface area contributed by atoms with Crippen LogP contribution in [-0.2, 0) is 19.1 Å². The highest BCUT2D eigenvalue weighted by atomic mass is 16.6. The van der Waals surface area contributed by atoms with Crippen LogP contribution < -0.4 is 0 Å². The molecule has 0 radical (unpaired) electrons. The lowest BCUT2D eigenvalue weighted by atomic mass is 9.43. The summed E-state index contributed by atoms with van der Waals surface area (Å²) in [5.41, 5.74) is -1.20. The minimum Gasteiger partial charge on any atom is -0.472 e. The molecule has 2 saturated heterocycles. The second-order valence-corrected chi connectivity index (χ2v) is 8.37. The first-order valence-electron chi connectivity index (χ1n) is 9.24. The van der Waals surface area contributed by atoms with Crippen molar-refractivity contribution < 1.29 is 28.6 Å². The molecule has 1 aromatic rings. The Kier molecular flexibility index (Phi) is 3.10. The van der Waals surface area contributed by atoms with Crippen molar-refractivity contribution in [2.75, 3.05) is 6.61 Å². The fraction of sp³-hybridized carbons (Fsp3) is 0.600. The van der Waals surface area contributed by atoms with E-state index in [1.165, 1.54) is 0 Å². The number of hydrogen-bond donors (Lipinski definition) is 1. The van der Waals surface area contributed by atoms with E-state index in [0.717, 1.165) is 5.56 Å². The van der Waals surface area contributed by atoms with Crippen molar-refractivity contribution in [3.05, 3.63) is 35.8 Å². The molecule has 6 heteroatoms. The molecule has 1 spiro atoms. The molecule has 0 aromatic carbocycles. The summed E-state index contributed by atoms with van der Waals surface area (Å²) < 4.78 is 16.2. The fourth-order valence-electron chi connectivity index (χ4n) is 6.05. The molecule has 2 aliphatic carbocycles. The number of furan rings is 1. The molecular formula is C20H22O6. The Balaban J connectivity index is 1.63. The summed E-state index contributed by atoms with van der Waals surface area (Å²) in [4.78, 5) is 25.1. The van der Waals surface area contributed by atoms with Crippen LogP contribution in [0.25, 0.3) is 0 Å². The van der Waals surface area contributed by atoms with Gasteiger partial charge in [0.15, 0.2) is 0 Å². The number of carbonyl (C=O) groups excluding carboxylic acids is 2. The molecule has 2 aliphatic heterocycles. The third-order valence-corrected chi connectivity index (χ3v) is 7.47. The Morgan fingerprint density at radius 2 is 2.12 bits per heavy atom. The monoisotopic (exact) mass is 358 g/mol. The van der Waals surface area contributed by atoms with Gasteiger partial charge in [0.05, 0.1) is 29.5 Å². The summed E-state index contributed by atoms with van der Waals surface area (Å²) in [6, 6.07) is 1.79. The van der Waals surface area contributed by atoms with Crippen LogP contribution >= 0.6 is 0 Å². The molecule has 5 rings (SSSR count). The molecule has 3 fully saturated rings. The first kappa shape index (κ1) is 16.1. The third kappa shape index (κ3) is 1.71. The van der Waals surface area contributed by atoms with Crippen LogP contribution in [0, 0.1) is 16.7 Å². The normalized spacial score (nSPS) is 44.3. The van der Waals surface area contributed by atoms with Gasteiger partial charge in [-0.05, 0) is 38.2 Å². The van der Waals surface area contributed by atoms with E-state index in [2.05, 4.69) is 0 Å². The number of fused-ring (bicyclic) bond motifs is 2. The number of rotatable bonds is 1. The number of allylic oxidation sites excluding steroid dienone is 1. The van der Waals surface area contributed by atoms with Gasteiger partial charge < -0.3 is 19.0 Å². The minimum absolute atomic E-state index is 0.196. The van der Waals surface area contributed by atoms with Crippen molar-refractivity contribution in [3.8, 4) is 0 Å². The van der Waals surface area contributed by atoms with E-state index in [9.17, 15) is 14.7 Å². The highest BCUT2D eigenvalue weighted by Crippen LogP contribution is 2.68. The number of esters is 2. The lowest BCUT2D eigenvalue weighted by Crippen LogP contribution is -2.68. The zero-order valence-corrected chi connectivity index (χ0v) is 14.7. The van der Waals surface area contributed by atoms with Gasteiger partial charge in [0.2, 0.25) is 0 Å². The fourth-order valence-corrected chi connectivity index (χ4v) is 6.05. The maximum Gasteiger partial charge on any atom is 0.334 e. The lowest BCUT2D eigenvalue weighted by Gasteiger charge is -2.63. The second kappa shape index (κ2) is 5.00. The quantitative estimate of drug-likeness (QED) is 0.777. The molecule has 5 atom stereocenters. The van der Waals surface area contributed by atoms with Gasteiger partial charge >= 0.3 is 11.9 Å². The largest absolute Gasteiger partial charge is 0.472 e. The van der Waals surface area contributed by atoms with Crippen LogP contribution in [0.1, 0.15) is 50.7 Å². The van der Waals surface area contributed by atoms with Crippen LogP contribution in [0.4, 0.5) is 0 Å². The van der Waals surface area contributed by atoms with Crippen molar-refractivity contribution >= 4 is 11.9 Å². The standard InChI is InChI=1S/C20H22O6/c1-18-9-15(12-5-8-24-10-12)26-17(22)13(18)4-7-19-11-25-16(21)14(19)3-2-6-20(18,19)23/h3,5,8,10,13,15,23H,2,4,6-7,9,11H2,1H3. The number of hydrogen-bond acceptors (Lipinski definition) is 6. The summed E-state index contributed by atoms with van der Waals surface area (Å²) in [6.07, 6.45) is 7.38. The van der Waals surface area contributed by atoms with Gasteiger partial charge in [-0.2, -0.15) is 0 Å². The first-order chi connectivity index (χ1) is 12.4. The average Bonchev–Trinajstić information content (AvgIpc) is 3.24. The van der Waals surface area contributed by atoms with E-state index >= 15 is 0 Å². The summed E-state index contributed by atoms with van der Waals surface area (Å²) in [7, 11) is 0. The number of cyclic esters (lactones) is 2. The van der Waals surface area contributed by atoms with Gasteiger partial charge in [0.1, 0.15) is 12.7 Å². The summed E-state index contributed by atoms with van der Waals surface area (Å²) in [6.45, 7) is 2.18. The SMILES string of the molecule is CC12CC(c3ccoc3)OC(=O)C1CCC13COC(=O)C1=CCCC32O. The maximum atomic E-state index is 12.8. The van der Waals surface area contributed by atoms with Crippen molar-refractivity contribution in [1.82, 2.24) is 0 Å². The van der Waals surface area contributed by atoms with Crippen LogP contribution in [0.3, 0.4) is 0 Å². The Hall–Kier alpha value is -2.08. The molecule has 26 heavy (non-hydrogen) atoms. The highest BCUT2D eigenvalue weighted by Gasteiger charge is 2.73. The Morgan fingerprint density at radius 1 is 1.27 bits per heavy atom. The van der Waals surface area contributed by atoms with Crippen molar-refractivity contribution in [3.63, 3.8) is 0 Å². The smallest absolute Gasteiger partial charge is 0.334 e. The van der Waals surface area contributed by atoms with Crippen LogP contribution in [0.2, 0.25) is 0 Å². The zero-order valence-electron chi connectivity index (χ0n) is 14.7. The summed E-state index contributed by atoms with van der Waals surface area (Å²) in [5, 5.41) is 12.1. The summed E-state index contributed by atoms with van der Waals surface area (Å²) in [5.74, 6) is -0.971. The first-order valence-corrected chi connectivity index (χ1v) is 9.24. The third-order valence-electron chi connectivity index (χ3n) is 7.47. The Labute approximate surface area is 151 Å². The topological polar surface area (TPSA) is 86.0 Å². The minimum atomic E-state index is -1.18. The molecule has 3 heterocycles. The van der Waals surface area contributed by atoms with E-state index in [0.29, 0.717) is 37.7 Å². The predicted octanol–water partition coefficient (Wildman–Crippen LogP) is 2.68. The van der Waals surface area contributed by atoms with E-state index in [1.54, 1.807) is 18.6 Å². The molecule has 4 aliphatic rings. The second-order valence-electron chi connectivity index (χ2n) is 8.37. The molecule has 0 amide bonds. The molecule has 6 nitrogen and oxygen atoms in total. The van der Waals surface area contributed by atoms with Gasteiger partial charge in [-0.1, -0.05) is 13.0 Å². The van der Waals surface area contributed by atoms with E-state index in [-0.39, 0.29) is 24.5 Å². The van der Waals surface area contributed by atoms with Crippen LogP contribution in [-0.4, -0.2) is 29.3 Å². The van der Waals surface area contributed by atoms with Crippen LogP contribution in [0.15, 0.2) is 34.7 Å². The van der Waals surface area contributed by atoms with Gasteiger partial charge in [0.25, 0.3) is 0 Å². The molecule has 1 aromatic heterocycles. The average molecular weight is 358 g/mol. The summed E-state index contributed by atoms with van der Waals surface area (Å²) >= 11 is 0. The number of aliphatic hydroxyl groups is 1. The molecule has 1 saturated carbocycles. The highest BCUT2D eigenvalue weighted by molar-refractivity contribution is 5.93. The predicted molar refractivity (Wildman–Crippen MR) is 88.6 cm³/mol. The van der Waals surface area contributed by atoms with Gasteiger partial charge in [-0.15, -0.1) is 0 Å². The Bertz CT molecular complexity index is 810. The van der Waals surface area contributed by atoms with Crippen molar-refractivity contribution in [1.29, 1.82) is 0 Å². The zero-order chi connectivity index (χ0) is 18.2. The maximum absolute atomic E-state index is 12.8. The van der Waals surface area contributed by atoms with Crippen molar-refractivity contribution in [2.24, 2.45) is 16.7 Å².